The highest BCUT2D eigenvalue weighted by atomic mass is 16.5. The van der Waals surface area contributed by atoms with Gasteiger partial charge in [-0.25, -0.2) is 4.79 Å². The molecule has 1 aliphatic heterocycles. The molecule has 0 aliphatic carbocycles. The Morgan fingerprint density at radius 2 is 2.50 bits per heavy atom. The minimum absolute atomic E-state index is 0.0510. The van der Waals surface area contributed by atoms with Gasteiger partial charge in [-0.3, -0.25) is 5.10 Å². The van der Waals surface area contributed by atoms with E-state index in [1.54, 1.807) is 18.3 Å². The molecule has 0 bridgehead atoms. The number of hydrogen-bond acceptors (Lipinski definition) is 5. The summed E-state index contributed by atoms with van der Waals surface area (Å²) in [5, 5.41) is 16.7. The second kappa shape index (κ2) is 5.31. The molecule has 6 heteroatoms. The van der Waals surface area contributed by atoms with Gasteiger partial charge in [0.25, 0.3) is 0 Å². The number of aromatic nitrogens is 2. The smallest absolute Gasteiger partial charge is 0.341 e. The summed E-state index contributed by atoms with van der Waals surface area (Å²) in [7, 11) is 0. The maximum absolute atomic E-state index is 12.2. The van der Waals surface area contributed by atoms with Crippen molar-refractivity contribution in [1.82, 2.24) is 10.2 Å². The van der Waals surface area contributed by atoms with Gasteiger partial charge in [-0.2, -0.15) is 10.4 Å². The maximum Gasteiger partial charge on any atom is 0.341 e. The highest BCUT2D eigenvalue weighted by molar-refractivity contribution is 6.02. The third-order valence-electron chi connectivity index (χ3n) is 3.45. The number of nitrogens with one attached hydrogen (secondary N) is 1. The Hall–Kier alpha value is -2.39. The van der Waals surface area contributed by atoms with Crippen LogP contribution in [-0.2, 0) is 9.47 Å². The van der Waals surface area contributed by atoms with Crippen molar-refractivity contribution in [2.75, 3.05) is 13.2 Å². The van der Waals surface area contributed by atoms with Crippen LogP contribution in [0.4, 0.5) is 0 Å². The summed E-state index contributed by atoms with van der Waals surface area (Å²) in [5.41, 5.74) is 1.01. The van der Waals surface area contributed by atoms with Crippen LogP contribution in [0, 0.1) is 17.2 Å². The van der Waals surface area contributed by atoms with E-state index >= 15 is 0 Å². The van der Waals surface area contributed by atoms with E-state index in [1.807, 2.05) is 12.1 Å². The van der Waals surface area contributed by atoms with Crippen LogP contribution in [0.3, 0.4) is 0 Å². The van der Waals surface area contributed by atoms with Crippen LogP contribution in [0.15, 0.2) is 24.4 Å². The number of H-pyrrole nitrogens is 1. The summed E-state index contributed by atoms with van der Waals surface area (Å²) < 4.78 is 10.5. The Labute approximate surface area is 115 Å². The molecule has 20 heavy (non-hydrogen) atoms. The predicted octanol–water partition coefficient (Wildman–Crippen LogP) is 1.65. The van der Waals surface area contributed by atoms with Gasteiger partial charge in [-0.05, 0) is 12.5 Å². The molecular weight excluding hydrogens is 258 g/mol. The van der Waals surface area contributed by atoms with E-state index < -0.39 is 12.1 Å². The number of fused-ring (bicyclic) bond motifs is 1. The zero-order valence-electron chi connectivity index (χ0n) is 10.7. The summed E-state index contributed by atoms with van der Waals surface area (Å²) in [6.45, 7) is 1.07. The molecule has 1 saturated heterocycles. The molecule has 2 heterocycles. The Bertz CT molecular complexity index is 668. The number of hydrogen-bond donors (Lipinski definition) is 1. The molecule has 3 rings (SSSR count). The fourth-order valence-corrected chi connectivity index (χ4v) is 2.34. The van der Waals surface area contributed by atoms with Crippen LogP contribution in [-0.4, -0.2) is 35.5 Å². The van der Waals surface area contributed by atoms with Gasteiger partial charge in [-0.15, -0.1) is 0 Å². The number of para-hydroxylation sites is 1. The molecule has 102 valence electrons. The van der Waals surface area contributed by atoms with Crippen molar-refractivity contribution < 1.29 is 14.3 Å². The van der Waals surface area contributed by atoms with Crippen molar-refractivity contribution in [2.24, 2.45) is 5.92 Å². The molecule has 0 amide bonds. The Morgan fingerprint density at radius 3 is 3.25 bits per heavy atom. The SMILES string of the molecule is N#C[C@H](OC(=O)c1cccc2cn[nH]c12)[C@H]1CCOC1. The highest BCUT2D eigenvalue weighted by Gasteiger charge is 2.29. The lowest BCUT2D eigenvalue weighted by Crippen LogP contribution is -2.26. The summed E-state index contributed by atoms with van der Waals surface area (Å²) in [6, 6.07) is 7.30. The molecule has 0 radical (unpaired) electrons. The van der Waals surface area contributed by atoms with E-state index in [1.165, 1.54) is 0 Å². The predicted molar refractivity (Wildman–Crippen MR) is 69.8 cm³/mol. The number of aromatic amines is 1. The van der Waals surface area contributed by atoms with Gasteiger partial charge in [-0.1, -0.05) is 12.1 Å². The van der Waals surface area contributed by atoms with Crippen LogP contribution in [0.25, 0.3) is 10.9 Å². The van der Waals surface area contributed by atoms with Crippen molar-refractivity contribution in [3.8, 4) is 6.07 Å². The lowest BCUT2D eigenvalue weighted by atomic mass is 10.0. The van der Waals surface area contributed by atoms with Crippen molar-refractivity contribution in [3.05, 3.63) is 30.0 Å². The largest absolute Gasteiger partial charge is 0.443 e. The number of carbonyl (C=O) groups is 1. The summed E-state index contributed by atoms with van der Waals surface area (Å²) >= 11 is 0. The van der Waals surface area contributed by atoms with Crippen molar-refractivity contribution >= 4 is 16.9 Å². The first-order valence-electron chi connectivity index (χ1n) is 6.40. The maximum atomic E-state index is 12.2. The molecule has 2 aromatic rings. The average Bonchev–Trinajstić information content (AvgIpc) is 3.14. The number of ether oxygens (including phenoxy) is 2. The van der Waals surface area contributed by atoms with Crippen LogP contribution in [0.2, 0.25) is 0 Å². The van der Waals surface area contributed by atoms with Crippen molar-refractivity contribution in [3.63, 3.8) is 0 Å². The first-order valence-corrected chi connectivity index (χ1v) is 6.40. The lowest BCUT2D eigenvalue weighted by molar-refractivity contribution is 0.0279. The number of carbonyl (C=O) groups excluding carboxylic acids is 1. The first kappa shape index (κ1) is 12.6. The standard InChI is InChI=1S/C14H13N3O3/c15-6-12(10-4-5-19-8-10)20-14(18)11-3-1-2-9-7-16-17-13(9)11/h1-3,7,10,12H,4-5,8H2,(H,16,17)/t10-,12-/m0/s1. The molecule has 6 nitrogen and oxygen atoms in total. The first-order chi connectivity index (χ1) is 9.79. The van der Waals surface area contributed by atoms with Crippen LogP contribution < -0.4 is 0 Å². The van der Waals surface area contributed by atoms with Crippen molar-refractivity contribution in [1.29, 1.82) is 5.26 Å². The lowest BCUT2D eigenvalue weighted by Gasteiger charge is -2.15. The Balaban J connectivity index is 1.82. The summed E-state index contributed by atoms with van der Waals surface area (Å²) in [6.07, 6.45) is 1.60. The number of nitrogens with zero attached hydrogens (tertiary/aromatic N) is 2. The van der Waals surface area contributed by atoms with E-state index in [0.717, 1.165) is 11.8 Å². The fourth-order valence-electron chi connectivity index (χ4n) is 2.34. The van der Waals surface area contributed by atoms with Gasteiger partial charge in [0.2, 0.25) is 0 Å². The third-order valence-corrected chi connectivity index (χ3v) is 3.45. The minimum Gasteiger partial charge on any atom is -0.443 e. The van der Waals surface area contributed by atoms with Gasteiger partial charge in [0.1, 0.15) is 6.07 Å². The number of esters is 1. The molecule has 1 fully saturated rings. The molecule has 1 aromatic carbocycles. The van der Waals surface area contributed by atoms with Gasteiger partial charge < -0.3 is 9.47 Å². The quantitative estimate of drug-likeness (QED) is 0.857. The van der Waals surface area contributed by atoms with Crippen LogP contribution in [0.5, 0.6) is 0 Å². The molecule has 1 aromatic heterocycles. The van der Waals surface area contributed by atoms with E-state index in [0.29, 0.717) is 24.3 Å². The molecule has 0 unspecified atom stereocenters. The van der Waals surface area contributed by atoms with E-state index in [4.69, 9.17) is 14.7 Å². The second-order valence-corrected chi connectivity index (χ2v) is 4.72. The van der Waals surface area contributed by atoms with Crippen LogP contribution >= 0.6 is 0 Å². The molecule has 2 atom stereocenters. The topological polar surface area (TPSA) is 88.0 Å². The molecule has 1 aliphatic rings. The van der Waals surface area contributed by atoms with Gasteiger partial charge in [0.15, 0.2) is 6.10 Å². The fraction of sp³-hybridized carbons (Fsp3) is 0.357. The normalized spacial score (nSPS) is 19.6. The monoisotopic (exact) mass is 271 g/mol. The van der Waals surface area contributed by atoms with Crippen LogP contribution in [0.1, 0.15) is 16.8 Å². The Kier molecular flexibility index (Phi) is 3.35. The van der Waals surface area contributed by atoms with Gasteiger partial charge >= 0.3 is 5.97 Å². The number of nitriles is 1. The van der Waals surface area contributed by atoms with E-state index in [-0.39, 0.29) is 5.92 Å². The second-order valence-electron chi connectivity index (χ2n) is 4.72. The summed E-state index contributed by atoms with van der Waals surface area (Å²) in [5.74, 6) is -0.566. The molecular formula is C14H13N3O3. The van der Waals surface area contributed by atoms with Gasteiger partial charge in [0.05, 0.1) is 23.9 Å². The highest BCUT2D eigenvalue weighted by Crippen LogP contribution is 2.22. The zero-order chi connectivity index (χ0) is 13.9. The molecule has 0 spiro atoms. The zero-order valence-corrected chi connectivity index (χ0v) is 10.7. The Morgan fingerprint density at radius 1 is 1.60 bits per heavy atom. The molecule has 0 saturated carbocycles. The number of rotatable bonds is 3. The van der Waals surface area contributed by atoms with E-state index in [2.05, 4.69) is 10.2 Å². The summed E-state index contributed by atoms with van der Waals surface area (Å²) in [4.78, 5) is 12.2. The van der Waals surface area contributed by atoms with E-state index in [9.17, 15) is 4.79 Å². The number of benzene rings is 1. The van der Waals surface area contributed by atoms with Gasteiger partial charge in [0, 0.05) is 17.9 Å². The van der Waals surface area contributed by atoms with Crippen molar-refractivity contribution in [2.45, 2.75) is 12.5 Å². The minimum atomic E-state index is -0.775. The molecule has 1 N–H and O–H groups in total. The third kappa shape index (κ3) is 2.24. The average molecular weight is 271 g/mol.